The summed E-state index contributed by atoms with van der Waals surface area (Å²) in [6, 6.07) is 5.41. The van der Waals surface area contributed by atoms with Gasteiger partial charge in [-0.05, 0) is 31.0 Å². The summed E-state index contributed by atoms with van der Waals surface area (Å²) in [6.45, 7) is 1.77. The Morgan fingerprint density at radius 1 is 1.56 bits per heavy atom. The number of carbonyl (C=O) groups is 1. The van der Waals surface area contributed by atoms with E-state index in [4.69, 9.17) is 21.4 Å². The molecule has 1 N–H and O–H groups in total. The van der Waals surface area contributed by atoms with E-state index in [1.54, 1.807) is 26.2 Å². The number of hydrogen-bond acceptors (Lipinski definition) is 2. The van der Waals surface area contributed by atoms with Crippen molar-refractivity contribution in [2.24, 2.45) is 0 Å². The zero-order valence-corrected chi connectivity index (χ0v) is 9.91. The Balaban J connectivity index is 2.83. The molecule has 0 saturated heterocycles. The maximum Gasteiger partial charge on any atom is 0.328 e. The van der Waals surface area contributed by atoms with Crippen LogP contribution in [0.1, 0.15) is 12.5 Å². The molecule has 0 aliphatic carbocycles. The van der Waals surface area contributed by atoms with Gasteiger partial charge in [-0.1, -0.05) is 23.2 Å². The van der Waals surface area contributed by atoms with E-state index in [0.717, 1.165) is 11.1 Å². The second-order valence-corrected chi connectivity index (χ2v) is 3.88. The van der Waals surface area contributed by atoms with Gasteiger partial charge in [0.1, 0.15) is 5.75 Å². The van der Waals surface area contributed by atoms with E-state index in [1.165, 1.54) is 6.08 Å². The first-order valence-electron chi connectivity index (χ1n) is 4.75. The third kappa shape index (κ3) is 3.59. The standard InChI is InChI=1S/C12H13ClO3/c1-8(6-12(14)15)5-9-3-4-11(16-2)10(13)7-9/h3-4,6-7H,5H2,1-2H3,(H,14,15)/b8-6+. The number of benzene rings is 1. The monoisotopic (exact) mass is 240 g/mol. The molecule has 0 bridgehead atoms. The van der Waals surface area contributed by atoms with Gasteiger partial charge in [0.05, 0.1) is 12.1 Å². The summed E-state index contributed by atoms with van der Waals surface area (Å²) in [4.78, 5) is 10.4. The van der Waals surface area contributed by atoms with Crippen molar-refractivity contribution < 1.29 is 14.6 Å². The van der Waals surface area contributed by atoms with E-state index in [2.05, 4.69) is 0 Å². The minimum absolute atomic E-state index is 0.531. The largest absolute Gasteiger partial charge is 0.495 e. The minimum Gasteiger partial charge on any atom is -0.495 e. The molecule has 0 saturated carbocycles. The Labute approximate surface area is 99.3 Å². The summed E-state index contributed by atoms with van der Waals surface area (Å²) < 4.78 is 5.03. The van der Waals surface area contributed by atoms with Crippen molar-refractivity contribution in [1.82, 2.24) is 0 Å². The van der Waals surface area contributed by atoms with E-state index in [0.29, 0.717) is 17.2 Å². The molecule has 0 aliphatic rings. The summed E-state index contributed by atoms with van der Waals surface area (Å²) >= 11 is 5.96. The summed E-state index contributed by atoms with van der Waals surface area (Å²) in [5, 5.41) is 9.11. The highest BCUT2D eigenvalue weighted by molar-refractivity contribution is 6.32. The highest BCUT2D eigenvalue weighted by Crippen LogP contribution is 2.25. The Morgan fingerprint density at radius 3 is 2.75 bits per heavy atom. The first-order valence-corrected chi connectivity index (χ1v) is 5.13. The molecule has 1 aromatic rings. The average Bonchev–Trinajstić information content (AvgIpc) is 2.16. The summed E-state index contributed by atoms with van der Waals surface area (Å²) in [6.07, 6.45) is 1.76. The van der Waals surface area contributed by atoms with Crippen molar-refractivity contribution in [2.45, 2.75) is 13.3 Å². The van der Waals surface area contributed by atoms with Gasteiger partial charge < -0.3 is 9.84 Å². The van der Waals surface area contributed by atoms with Crippen molar-refractivity contribution >= 4 is 17.6 Å². The molecule has 0 heterocycles. The molecule has 86 valence electrons. The molecule has 0 atom stereocenters. The fourth-order valence-electron chi connectivity index (χ4n) is 1.40. The molecular weight excluding hydrogens is 228 g/mol. The maximum atomic E-state index is 10.4. The summed E-state index contributed by atoms with van der Waals surface area (Å²) in [5.41, 5.74) is 1.73. The first-order chi connectivity index (χ1) is 7.52. The Kier molecular flexibility index (Phi) is 4.38. The van der Waals surface area contributed by atoms with Gasteiger partial charge in [0, 0.05) is 6.08 Å². The molecule has 0 unspecified atom stereocenters. The number of ether oxygens (including phenoxy) is 1. The van der Waals surface area contributed by atoms with Crippen LogP contribution in [-0.2, 0) is 11.2 Å². The van der Waals surface area contributed by atoms with Crippen molar-refractivity contribution in [1.29, 1.82) is 0 Å². The minimum atomic E-state index is -0.933. The number of carboxylic acid groups (broad SMARTS) is 1. The van der Waals surface area contributed by atoms with E-state index < -0.39 is 5.97 Å². The van der Waals surface area contributed by atoms with Crippen LogP contribution in [0.5, 0.6) is 5.75 Å². The van der Waals surface area contributed by atoms with Crippen molar-refractivity contribution in [2.75, 3.05) is 7.11 Å². The smallest absolute Gasteiger partial charge is 0.328 e. The zero-order chi connectivity index (χ0) is 12.1. The van der Waals surface area contributed by atoms with E-state index in [-0.39, 0.29) is 0 Å². The molecule has 16 heavy (non-hydrogen) atoms. The van der Waals surface area contributed by atoms with Gasteiger partial charge in [-0.3, -0.25) is 0 Å². The lowest BCUT2D eigenvalue weighted by molar-refractivity contribution is -0.131. The summed E-state index contributed by atoms with van der Waals surface area (Å²) in [7, 11) is 1.55. The molecule has 3 nitrogen and oxygen atoms in total. The van der Waals surface area contributed by atoms with Crippen LogP contribution in [0.4, 0.5) is 0 Å². The maximum absolute atomic E-state index is 10.4. The molecule has 0 aliphatic heterocycles. The molecule has 0 aromatic heterocycles. The lowest BCUT2D eigenvalue weighted by Gasteiger charge is -2.06. The van der Waals surface area contributed by atoms with Gasteiger partial charge in [0.2, 0.25) is 0 Å². The van der Waals surface area contributed by atoms with Crippen LogP contribution in [0.3, 0.4) is 0 Å². The number of allylic oxidation sites excluding steroid dienone is 1. The second-order valence-electron chi connectivity index (χ2n) is 3.47. The molecule has 0 spiro atoms. The SMILES string of the molecule is COc1ccc(C/C(C)=C/C(=O)O)cc1Cl. The molecule has 0 amide bonds. The number of halogens is 1. The quantitative estimate of drug-likeness (QED) is 0.824. The highest BCUT2D eigenvalue weighted by Gasteiger charge is 2.03. The van der Waals surface area contributed by atoms with Gasteiger partial charge in [-0.15, -0.1) is 0 Å². The predicted octanol–water partition coefficient (Wildman–Crippen LogP) is 2.92. The molecular formula is C12H13ClO3. The first kappa shape index (κ1) is 12.6. The zero-order valence-electron chi connectivity index (χ0n) is 9.16. The van der Waals surface area contributed by atoms with Crippen molar-refractivity contribution in [3.8, 4) is 5.75 Å². The van der Waals surface area contributed by atoms with Gasteiger partial charge in [-0.2, -0.15) is 0 Å². The van der Waals surface area contributed by atoms with Gasteiger partial charge in [0.15, 0.2) is 0 Å². The van der Waals surface area contributed by atoms with Gasteiger partial charge >= 0.3 is 5.97 Å². The van der Waals surface area contributed by atoms with Crippen LogP contribution >= 0.6 is 11.6 Å². The van der Waals surface area contributed by atoms with Crippen LogP contribution in [-0.4, -0.2) is 18.2 Å². The van der Waals surface area contributed by atoms with Gasteiger partial charge in [0.25, 0.3) is 0 Å². The van der Waals surface area contributed by atoms with Crippen LogP contribution in [0.15, 0.2) is 29.8 Å². The molecule has 0 fully saturated rings. The second kappa shape index (κ2) is 5.56. The number of rotatable bonds is 4. The number of methoxy groups -OCH3 is 1. The number of hydrogen-bond donors (Lipinski definition) is 1. The predicted molar refractivity (Wildman–Crippen MR) is 63.1 cm³/mol. The highest BCUT2D eigenvalue weighted by atomic mass is 35.5. The van der Waals surface area contributed by atoms with Gasteiger partial charge in [-0.25, -0.2) is 4.79 Å². The normalized spacial score (nSPS) is 11.3. The fraction of sp³-hybridized carbons (Fsp3) is 0.250. The van der Waals surface area contributed by atoms with E-state index >= 15 is 0 Å². The number of aliphatic carboxylic acids is 1. The van der Waals surface area contributed by atoms with E-state index in [1.807, 2.05) is 6.07 Å². The van der Waals surface area contributed by atoms with E-state index in [9.17, 15) is 4.79 Å². The fourth-order valence-corrected chi connectivity index (χ4v) is 1.68. The van der Waals surface area contributed by atoms with Crippen LogP contribution in [0.25, 0.3) is 0 Å². The van der Waals surface area contributed by atoms with Crippen molar-refractivity contribution in [3.05, 3.63) is 40.4 Å². The Bertz CT molecular complexity index is 424. The Hall–Kier alpha value is -1.48. The molecule has 4 heteroatoms. The van der Waals surface area contributed by atoms with Crippen LogP contribution < -0.4 is 4.74 Å². The molecule has 0 radical (unpaired) electrons. The third-order valence-electron chi connectivity index (χ3n) is 2.07. The summed E-state index contributed by atoms with van der Waals surface area (Å²) in [5.74, 6) is -0.317. The van der Waals surface area contributed by atoms with Crippen molar-refractivity contribution in [3.63, 3.8) is 0 Å². The average molecular weight is 241 g/mol. The third-order valence-corrected chi connectivity index (χ3v) is 2.36. The lowest BCUT2D eigenvalue weighted by Crippen LogP contribution is -1.94. The Morgan fingerprint density at radius 2 is 2.25 bits per heavy atom. The molecule has 1 rings (SSSR count). The van der Waals surface area contributed by atoms with Crippen LogP contribution in [0, 0.1) is 0 Å². The van der Waals surface area contributed by atoms with Crippen LogP contribution in [0.2, 0.25) is 5.02 Å². The molecule has 1 aromatic carbocycles. The lowest BCUT2D eigenvalue weighted by atomic mass is 10.1. The topological polar surface area (TPSA) is 46.5 Å². The number of carboxylic acids is 1.